The first-order chi connectivity index (χ1) is 12.2. The molecule has 0 unspecified atom stereocenters. The van der Waals surface area contributed by atoms with Crippen LogP contribution in [0.15, 0.2) is 48.5 Å². The molecule has 1 aliphatic rings. The molecule has 2 aromatic rings. The number of benzene rings is 2. The molecule has 4 heteroatoms. The molecule has 3 nitrogen and oxygen atoms in total. The largest absolute Gasteiger partial charge is 0.489 e. The summed E-state index contributed by atoms with van der Waals surface area (Å²) >= 11 is 0. The van der Waals surface area contributed by atoms with Gasteiger partial charge in [0.05, 0.1) is 0 Å². The molecular formula is C21H27FN2O. The molecule has 1 N–H and O–H groups in total. The van der Waals surface area contributed by atoms with Gasteiger partial charge in [0.15, 0.2) is 0 Å². The zero-order chi connectivity index (χ0) is 17.5. The predicted octanol–water partition coefficient (Wildman–Crippen LogP) is 3.98. The van der Waals surface area contributed by atoms with Gasteiger partial charge in [0.1, 0.15) is 18.2 Å². The van der Waals surface area contributed by atoms with Gasteiger partial charge < -0.3 is 10.1 Å². The van der Waals surface area contributed by atoms with Crippen molar-refractivity contribution in [3.63, 3.8) is 0 Å². The second kappa shape index (κ2) is 8.97. The van der Waals surface area contributed by atoms with Crippen LogP contribution in [0.4, 0.5) is 4.39 Å². The van der Waals surface area contributed by atoms with E-state index in [4.69, 9.17) is 4.74 Å². The lowest BCUT2D eigenvalue weighted by molar-refractivity contribution is 0.260. The molecule has 0 aliphatic carbocycles. The Kier molecular flexibility index (Phi) is 6.42. The van der Waals surface area contributed by atoms with Crippen LogP contribution in [0.3, 0.4) is 0 Å². The predicted molar refractivity (Wildman–Crippen MR) is 99.1 cm³/mol. The van der Waals surface area contributed by atoms with Gasteiger partial charge >= 0.3 is 0 Å². The molecule has 0 amide bonds. The number of halogens is 1. The van der Waals surface area contributed by atoms with Crippen molar-refractivity contribution in [2.75, 3.05) is 19.6 Å². The van der Waals surface area contributed by atoms with Crippen LogP contribution >= 0.6 is 0 Å². The molecule has 1 atom stereocenters. The smallest absolute Gasteiger partial charge is 0.123 e. The summed E-state index contributed by atoms with van der Waals surface area (Å²) in [5.74, 6) is 0.625. The summed E-state index contributed by atoms with van der Waals surface area (Å²) in [5, 5.41) is 3.58. The lowest BCUT2D eigenvalue weighted by atomic mass is 10.2. The van der Waals surface area contributed by atoms with Gasteiger partial charge in [0.25, 0.3) is 0 Å². The Morgan fingerprint density at radius 2 is 2.00 bits per heavy atom. The fraction of sp³-hybridized carbons (Fsp3) is 0.429. The highest BCUT2D eigenvalue weighted by Gasteiger charge is 2.21. The van der Waals surface area contributed by atoms with Crippen molar-refractivity contribution >= 4 is 0 Å². The zero-order valence-corrected chi connectivity index (χ0v) is 14.9. The Balaban J connectivity index is 1.47. The van der Waals surface area contributed by atoms with Gasteiger partial charge in [0.2, 0.25) is 0 Å². The summed E-state index contributed by atoms with van der Waals surface area (Å²) in [7, 11) is 0. The Morgan fingerprint density at radius 3 is 2.80 bits per heavy atom. The number of nitrogens with zero attached hydrogens (tertiary/aromatic N) is 1. The maximum absolute atomic E-state index is 12.9. The van der Waals surface area contributed by atoms with Crippen LogP contribution < -0.4 is 10.1 Å². The van der Waals surface area contributed by atoms with E-state index in [0.717, 1.165) is 30.9 Å². The third kappa shape index (κ3) is 5.28. The maximum atomic E-state index is 12.9. The van der Waals surface area contributed by atoms with Gasteiger partial charge in [0, 0.05) is 19.1 Å². The third-order valence-corrected chi connectivity index (χ3v) is 4.83. The van der Waals surface area contributed by atoms with Crippen molar-refractivity contribution in [1.29, 1.82) is 0 Å². The van der Waals surface area contributed by atoms with Crippen LogP contribution in [0.1, 0.15) is 30.9 Å². The molecule has 2 aromatic carbocycles. The van der Waals surface area contributed by atoms with Crippen molar-refractivity contribution in [1.82, 2.24) is 10.2 Å². The first kappa shape index (κ1) is 17.9. The van der Waals surface area contributed by atoms with Gasteiger partial charge in [-0.15, -0.1) is 0 Å². The van der Waals surface area contributed by atoms with Crippen LogP contribution in [-0.2, 0) is 13.2 Å². The monoisotopic (exact) mass is 342 g/mol. The minimum atomic E-state index is -0.222. The molecule has 0 spiro atoms. The summed E-state index contributed by atoms with van der Waals surface area (Å²) in [5.41, 5.74) is 2.18. The number of hydrogen-bond donors (Lipinski definition) is 1. The van der Waals surface area contributed by atoms with Crippen molar-refractivity contribution in [3.05, 3.63) is 65.5 Å². The molecule has 0 aromatic heterocycles. The summed E-state index contributed by atoms with van der Waals surface area (Å²) in [4.78, 5) is 2.55. The van der Waals surface area contributed by atoms with E-state index in [1.807, 2.05) is 12.1 Å². The normalized spacial score (nSPS) is 17.8. The number of likely N-dealkylation sites (tertiary alicyclic amines) is 1. The fourth-order valence-corrected chi connectivity index (χ4v) is 3.42. The third-order valence-electron chi connectivity index (χ3n) is 4.83. The molecule has 0 radical (unpaired) electrons. The molecule has 1 heterocycles. The van der Waals surface area contributed by atoms with Crippen molar-refractivity contribution in [3.8, 4) is 5.75 Å². The second-order valence-corrected chi connectivity index (χ2v) is 6.62. The standard InChI is InChI=1S/C21H27FN2O/c1-2-24-12-4-6-20(24)15-23-14-18-5-3-7-21(13-18)25-16-17-8-10-19(22)11-9-17/h3,5,7-11,13,20,23H,2,4,6,12,14-16H2,1H3/t20-/m0/s1. The van der Waals surface area contributed by atoms with Crippen LogP contribution in [0, 0.1) is 5.82 Å². The Morgan fingerprint density at radius 1 is 1.16 bits per heavy atom. The maximum Gasteiger partial charge on any atom is 0.123 e. The zero-order valence-electron chi connectivity index (χ0n) is 14.9. The number of likely N-dealkylation sites (N-methyl/N-ethyl adjacent to an activating group) is 1. The van der Waals surface area contributed by atoms with Crippen molar-refractivity contribution in [2.24, 2.45) is 0 Å². The van der Waals surface area contributed by atoms with Gasteiger partial charge in [-0.3, -0.25) is 4.90 Å². The molecular weight excluding hydrogens is 315 g/mol. The Labute approximate surface area is 149 Å². The van der Waals surface area contributed by atoms with Crippen molar-refractivity contribution < 1.29 is 9.13 Å². The van der Waals surface area contributed by atoms with Crippen LogP contribution in [0.5, 0.6) is 5.75 Å². The topological polar surface area (TPSA) is 24.5 Å². The summed E-state index contributed by atoms with van der Waals surface area (Å²) in [6.07, 6.45) is 2.61. The van der Waals surface area contributed by atoms with E-state index in [1.165, 1.54) is 37.1 Å². The van der Waals surface area contributed by atoms with Gasteiger partial charge in [-0.05, 0) is 61.3 Å². The molecule has 0 bridgehead atoms. The molecule has 1 fully saturated rings. The summed E-state index contributed by atoms with van der Waals surface area (Å²) in [6.45, 7) is 6.94. The van der Waals surface area contributed by atoms with Crippen LogP contribution in [0.2, 0.25) is 0 Å². The van der Waals surface area contributed by atoms with Gasteiger partial charge in [-0.1, -0.05) is 31.2 Å². The number of hydrogen-bond acceptors (Lipinski definition) is 3. The first-order valence-corrected chi connectivity index (χ1v) is 9.15. The van der Waals surface area contributed by atoms with E-state index < -0.39 is 0 Å². The highest BCUT2D eigenvalue weighted by molar-refractivity contribution is 5.29. The van der Waals surface area contributed by atoms with E-state index in [1.54, 1.807) is 12.1 Å². The number of rotatable bonds is 8. The van der Waals surface area contributed by atoms with E-state index in [2.05, 4.69) is 29.3 Å². The second-order valence-electron chi connectivity index (χ2n) is 6.62. The fourth-order valence-electron chi connectivity index (χ4n) is 3.42. The highest BCUT2D eigenvalue weighted by Crippen LogP contribution is 2.17. The first-order valence-electron chi connectivity index (χ1n) is 9.15. The van der Waals surface area contributed by atoms with E-state index in [-0.39, 0.29) is 5.82 Å². The summed E-state index contributed by atoms with van der Waals surface area (Å²) < 4.78 is 18.8. The van der Waals surface area contributed by atoms with Gasteiger partial charge in [-0.2, -0.15) is 0 Å². The van der Waals surface area contributed by atoms with E-state index >= 15 is 0 Å². The Bertz CT molecular complexity index is 659. The van der Waals surface area contributed by atoms with Gasteiger partial charge in [-0.25, -0.2) is 4.39 Å². The lowest BCUT2D eigenvalue weighted by Crippen LogP contribution is -2.37. The number of nitrogens with one attached hydrogen (secondary N) is 1. The molecule has 1 saturated heterocycles. The molecule has 134 valence electrons. The molecule has 1 aliphatic heterocycles. The average molecular weight is 342 g/mol. The molecule has 0 saturated carbocycles. The number of ether oxygens (including phenoxy) is 1. The molecule has 3 rings (SSSR count). The quantitative estimate of drug-likeness (QED) is 0.785. The van der Waals surface area contributed by atoms with Crippen LogP contribution in [0.25, 0.3) is 0 Å². The highest BCUT2D eigenvalue weighted by atomic mass is 19.1. The SMILES string of the molecule is CCN1CCC[C@H]1CNCc1cccc(OCc2ccc(F)cc2)c1. The minimum Gasteiger partial charge on any atom is -0.489 e. The lowest BCUT2D eigenvalue weighted by Gasteiger charge is -2.23. The van der Waals surface area contributed by atoms with E-state index in [9.17, 15) is 4.39 Å². The minimum absolute atomic E-state index is 0.222. The van der Waals surface area contributed by atoms with Crippen molar-refractivity contribution in [2.45, 2.75) is 39.0 Å². The summed E-state index contributed by atoms with van der Waals surface area (Å²) in [6, 6.07) is 15.3. The molecule has 25 heavy (non-hydrogen) atoms. The average Bonchev–Trinajstić information content (AvgIpc) is 3.09. The Hall–Kier alpha value is -1.91. The van der Waals surface area contributed by atoms with Crippen LogP contribution in [-0.4, -0.2) is 30.6 Å². The van der Waals surface area contributed by atoms with E-state index in [0.29, 0.717) is 12.6 Å².